The van der Waals surface area contributed by atoms with Crippen LogP contribution >= 0.6 is 0 Å². The van der Waals surface area contributed by atoms with Crippen LogP contribution in [0.1, 0.15) is 18.9 Å². The largest absolute Gasteiger partial charge is 0.485 e. The molecule has 2 rings (SSSR count). The van der Waals surface area contributed by atoms with Crippen LogP contribution in [-0.4, -0.2) is 45.1 Å². The van der Waals surface area contributed by atoms with Gasteiger partial charge in [-0.15, -0.1) is 0 Å². The maximum Gasteiger partial charge on any atom is 0.165 e. The molecule has 0 bridgehead atoms. The lowest BCUT2D eigenvalue weighted by Gasteiger charge is -2.44. The fourth-order valence-corrected chi connectivity index (χ4v) is 2.51. The van der Waals surface area contributed by atoms with Crippen LogP contribution in [0, 0.1) is 12.7 Å². The number of halogens is 1. The van der Waals surface area contributed by atoms with Gasteiger partial charge < -0.3 is 19.5 Å². The average Bonchev–Trinajstić information content (AvgIpc) is 2.46. The number of rotatable bonds is 8. The van der Waals surface area contributed by atoms with Crippen molar-refractivity contribution in [3.05, 3.63) is 29.6 Å². The predicted molar refractivity (Wildman–Crippen MR) is 79.3 cm³/mol. The standard InChI is InChI=1S/C16H24FNO3/c1-4-18-13-10-15(16(13)20-8-7-19-3)21-14-9-11(2)5-6-12(14)17/h5-6,9,13,15-16,18H,4,7-8,10H2,1-3H3. The van der Waals surface area contributed by atoms with Gasteiger partial charge in [-0.25, -0.2) is 4.39 Å². The number of benzene rings is 1. The lowest BCUT2D eigenvalue weighted by atomic mass is 9.85. The molecule has 1 N–H and O–H groups in total. The van der Waals surface area contributed by atoms with Crippen LogP contribution in [0.25, 0.3) is 0 Å². The molecule has 0 aliphatic heterocycles. The van der Waals surface area contributed by atoms with Crippen LogP contribution in [0.4, 0.5) is 4.39 Å². The molecule has 1 aromatic rings. The van der Waals surface area contributed by atoms with Gasteiger partial charge in [-0.05, 0) is 31.2 Å². The highest BCUT2D eigenvalue weighted by Gasteiger charge is 2.43. The van der Waals surface area contributed by atoms with E-state index in [-0.39, 0.29) is 24.1 Å². The highest BCUT2D eigenvalue weighted by atomic mass is 19.1. The van der Waals surface area contributed by atoms with Gasteiger partial charge in [0.05, 0.1) is 13.2 Å². The molecule has 3 atom stereocenters. The van der Waals surface area contributed by atoms with E-state index < -0.39 is 0 Å². The quantitative estimate of drug-likeness (QED) is 0.747. The van der Waals surface area contributed by atoms with Crippen molar-refractivity contribution >= 4 is 0 Å². The number of likely N-dealkylation sites (N-methyl/N-ethyl adjacent to an activating group) is 1. The highest BCUT2D eigenvalue weighted by Crippen LogP contribution is 2.30. The summed E-state index contributed by atoms with van der Waals surface area (Å²) in [4.78, 5) is 0. The Morgan fingerprint density at radius 3 is 2.86 bits per heavy atom. The van der Waals surface area contributed by atoms with Crippen LogP contribution in [-0.2, 0) is 9.47 Å². The van der Waals surface area contributed by atoms with E-state index >= 15 is 0 Å². The van der Waals surface area contributed by atoms with Crippen LogP contribution in [0.3, 0.4) is 0 Å². The Labute approximate surface area is 125 Å². The average molecular weight is 297 g/mol. The smallest absolute Gasteiger partial charge is 0.165 e. The van der Waals surface area contributed by atoms with Crippen molar-refractivity contribution < 1.29 is 18.6 Å². The first kappa shape index (κ1) is 16.2. The minimum absolute atomic E-state index is 0.0694. The summed E-state index contributed by atoms with van der Waals surface area (Å²) in [5.41, 5.74) is 0.978. The molecular formula is C16H24FNO3. The number of nitrogens with one attached hydrogen (secondary N) is 1. The number of hydrogen-bond donors (Lipinski definition) is 1. The third-order valence-corrected chi connectivity index (χ3v) is 3.68. The molecule has 118 valence electrons. The summed E-state index contributed by atoms with van der Waals surface area (Å²) in [6.07, 6.45) is 0.626. The van der Waals surface area contributed by atoms with Crippen LogP contribution in [0.15, 0.2) is 18.2 Å². The van der Waals surface area contributed by atoms with Gasteiger partial charge in [0.1, 0.15) is 12.2 Å². The van der Waals surface area contributed by atoms with Gasteiger partial charge in [0.2, 0.25) is 0 Å². The molecule has 5 heteroatoms. The predicted octanol–water partition coefficient (Wildman–Crippen LogP) is 2.29. The summed E-state index contributed by atoms with van der Waals surface area (Å²) in [6, 6.07) is 5.15. The minimum Gasteiger partial charge on any atom is -0.485 e. The zero-order chi connectivity index (χ0) is 15.2. The molecule has 0 radical (unpaired) electrons. The van der Waals surface area contributed by atoms with Gasteiger partial charge in [0, 0.05) is 19.6 Å². The van der Waals surface area contributed by atoms with Crippen LogP contribution in [0.5, 0.6) is 5.75 Å². The van der Waals surface area contributed by atoms with E-state index in [1.807, 2.05) is 6.92 Å². The Morgan fingerprint density at radius 1 is 1.33 bits per heavy atom. The highest BCUT2D eigenvalue weighted by molar-refractivity contribution is 5.30. The van der Waals surface area contributed by atoms with E-state index in [0.717, 1.165) is 18.5 Å². The fraction of sp³-hybridized carbons (Fsp3) is 0.625. The molecule has 21 heavy (non-hydrogen) atoms. The first-order chi connectivity index (χ1) is 10.2. The van der Waals surface area contributed by atoms with Gasteiger partial charge in [0.15, 0.2) is 11.6 Å². The molecule has 1 aliphatic rings. The van der Waals surface area contributed by atoms with E-state index in [4.69, 9.17) is 14.2 Å². The summed E-state index contributed by atoms with van der Waals surface area (Å²) < 4.78 is 30.4. The summed E-state index contributed by atoms with van der Waals surface area (Å²) in [5.74, 6) is -0.0292. The lowest BCUT2D eigenvalue weighted by molar-refractivity contribution is -0.116. The van der Waals surface area contributed by atoms with Gasteiger partial charge >= 0.3 is 0 Å². The maximum absolute atomic E-state index is 13.8. The SMILES string of the molecule is CCNC1CC(Oc2cc(C)ccc2F)C1OCCOC. The lowest BCUT2D eigenvalue weighted by Crippen LogP contribution is -2.61. The molecule has 1 saturated carbocycles. The normalized spacial score (nSPS) is 24.7. The van der Waals surface area contributed by atoms with Crippen molar-refractivity contribution in [1.82, 2.24) is 5.32 Å². The first-order valence-corrected chi connectivity index (χ1v) is 7.42. The number of methoxy groups -OCH3 is 1. The zero-order valence-electron chi connectivity index (χ0n) is 12.9. The van der Waals surface area contributed by atoms with Crippen LogP contribution in [0.2, 0.25) is 0 Å². The summed E-state index contributed by atoms with van der Waals surface area (Å²) >= 11 is 0. The van der Waals surface area contributed by atoms with Crippen molar-refractivity contribution in [1.29, 1.82) is 0 Å². The molecule has 1 aromatic carbocycles. The first-order valence-electron chi connectivity index (χ1n) is 7.42. The summed E-state index contributed by atoms with van der Waals surface area (Å²) in [7, 11) is 1.64. The van der Waals surface area contributed by atoms with E-state index in [1.54, 1.807) is 19.2 Å². The Bertz CT molecular complexity index is 455. The number of ether oxygens (including phenoxy) is 3. The second-order valence-electron chi connectivity index (χ2n) is 5.32. The zero-order valence-corrected chi connectivity index (χ0v) is 12.9. The second-order valence-corrected chi connectivity index (χ2v) is 5.32. The molecule has 3 unspecified atom stereocenters. The Balaban J connectivity index is 1.96. The molecule has 0 saturated heterocycles. The van der Waals surface area contributed by atoms with Gasteiger partial charge in [-0.2, -0.15) is 0 Å². The molecule has 0 aromatic heterocycles. The van der Waals surface area contributed by atoms with E-state index in [2.05, 4.69) is 12.2 Å². The van der Waals surface area contributed by atoms with Crippen molar-refractivity contribution in [2.45, 2.75) is 38.5 Å². The monoisotopic (exact) mass is 297 g/mol. The second kappa shape index (κ2) is 7.73. The Morgan fingerprint density at radius 2 is 2.14 bits per heavy atom. The van der Waals surface area contributed by atoms with Crippen molar-refractivity contribution in [2.24, 2.45) is 0 Å². The Kier molecular flexibility index (Phi) is 5.96. The molecule has 1 fully saturated rings. The van der Waals surface area contributed by atoms with E-state index in [0.29, 0.717) is 19.0 Å². The van der Waals surface area contributed by atoms with Crippen LogP contribution < -0.4 is 10.1 Å². The number of aryl methyl sites for hydroxylation is 1. The molecule has 0 amide bonds. The van der Waals surface area contributed by atoms with Crippen molar-refractivity contribution in [3.63, 3.8) is 0 Å². The molecule has 0 heterocycles. The Hall–Kier alpha value is -1.17. The third kappa shape index (κ3) is 4.15. The van der Waals surface area contributed by atoms with E-state index in [9.17, 15) is 4.39 Å². The van der Waals surface area contributed by atoms with E-state index in [1.165, 1.54) is 6.07 Å². The fourth-order valence-electron chi connectivity index (χ4n) is 2.51. The third-order valence-electron chi connectivity index (χ3n) is 3.68. The molecule has 4 nitrogen and oxygen atoms in total. The van der Waals surface area contributed by atoms with Gasteiger partial charge in [-0.1, -0.05) is 13.0 Å². The summed E-state index contributed by atoms with van der Waals surface area (Å²) in [5, 5.41) is 3.36. The molecular weight excluding hydrogens is 273 g/mol. The van der Waals surface area contributed by atoms with Crippen molar-refractivity contribution in [3.8, 4) is 5.75 Å². The van der Waals surface area contributed by atoms with Gasteiger partial charge in [-0.3, -0.25) is 0 Å². The minimum atomic E-state index is -0.330. The maximum atomic E-state index is 13.8. The molecule has 0 spiro atoms. The van der Waals surface area contributed by atoms with Gasteiger partial charge in [0.25, 0.3) is 0 Å². The number of hydrogen-bond acceptors (Lipinski definition) is 4. The summed E-state index contributed by atoms with van der Waals surface area (Å²) in [6.45, 7) is 5.90. The topological polar surface area (TPSA) is 39.7 Å². The molecule has 1 aliphatic carbocycles. The van der Waals surface area contributed by atoms with Crippen molar-refractivity contribution in [2.75, 3.05) is 26.9 Å².